The lowest BCUT2D eigenvalue weighted by molar-refractivity contribution is -0.324. The summed E-state index contributed by atoms with van der Waals surface area (Å²) in [7, 11) is 0. The number of aliphatic hydroxyl groups is 3. The second-order valence-corrected chi connectivity index (χ2v) is 2.40. The van der Waals surface area contributed by atoms with Gasteiger partial charge >= 0.3 is 5.97 Å². The van der Waals surface area contributed by atoms with Crippen LogP contribution in [0.25, 0.3) is 0 Å². The Kier molecular flexibility index (Phi) is 0.817. The molecule has 0 radical (unpaired) electrons. The van der Waals surface area contributed by atoms with Gasteiger partial charge in [0.25, 0.3) is 0 Å². The van der Waals surface area contributed by atoms with E-state index in [2.05, 4.69) is 0 Å². The molecule has 0 fully saturated rings. The van der Waals surface area contributed by atoms with Crippen LogP contribution in [0.15, 0.2) is 18.2 Å². The van der Waals surface area contributed by atoms with Crippen LogP contribution < -0.4 is 0 Å². The molecular weight excluding hydrogens is 132 g/mol. The van der Waals surface area contributed by atoms with E-state index in [4.69, 9.17) is 15.3 Å². The highest BCUT2D eigenvalue weighted by atomic mass is 16.7. The molecule has 2 aliphatic carbocycles. The first-order valence-electron chi connectivity index (χ1n) is 2.91. The zero-order chi connectivity index (χ0) is 7.35. The van der Waals surface area contributed by atoms with E-state index in [1.807, 2.05) is 6.07 Å². The molecule has 0 heterocycles. The van der Waals surface area contributed by atoms with Crippen molar-refractivity contribution in [3.05, 3.63) is 34.2 Å². The molecule has 0 spiro atoms. The SMILES string of the molecule is OC(O)(O)c1cc2ccc1=2. The Morgan fingerprint density at radius 2 is 1.80 bits per heavy atom. The van der Waals surface area contributed by atoms with E-state index in [0.717, 1.165) is 10.4 Å². The van der Waals surface area contributed by atoms with E-state index in [-0.39, 0.29) is 5.56 Å². The molecule has 3 nitrogen and oxygen atoms in total. The number of hydrogen-bond donors (Lipinski definition) is 3. The predicted molar refractivity (Wildman–Crippen MR) is 32.4 cm³/mol. The summed E-state index contributed by atoms with van der Waals surface area (Å²) >= 11 is 0. The number of hydrogen-bond acceptors (Lipinski definition) is 3. The predicted octanol–water partition coefficient (Wildman–Crippen LogP) is -0.626. The molecule has 0 aromatic rings. The van der Waals surface area contributed by atoms with Crippen molar-refractivity contribution in [1.29, 1.82) is 0 Å². The molecule has 52 valence electrons. The topological polar surface area (TPSA) is 60.7 Å². The van der Waals surface area contributed by atoms with Gasteiger partial charge in [0.2, 0.25) is 0 Å². The summed E-state index contributed by atoms with van der Waals surface area (Å²) in [5, 5.41) is 27.6. The molecule has 0 aliphatic heterocycles. The summed E-state index contributed by atoms with van der Waals surface area (Å²) in [6.07, 6.45) is 0. The molecule has 3 N–H and O–H groups in total. The normalized spacial score (nSPS) is 13.5. The molecule has 3 heteroatoms. The smallest absolute Gasteiger partial charge is 0.305 e. The molecule has 0 atom stereocenters. The van der Waals surface area contributed by atoms with E-state index in [1.165, 1.54) is 6.07 Å². The fourth-order valence-electron chi connectivity index (χ4n) is 1.07. The van der Waals surface area contributed by atoms with Crippen molar-refractivity contribution in [2.45, 2.75) is 5.97 Å². The maximum Gasteiger partial charge on any atom is 0.305 e. The van der Waals surface area contributed by atoms with Crippen molar-refractivity contribution in [2.75, 3.05) is 0 Å². The minimum absolute atomic E-state index is 0.185. The first-order valence-corrected chi connectivity index (χ1v) is 2.91. The summed E-state index contributed by atoms with van der Waals surface area (Å²) in [4.78, 5) is 0. The van der Waals surface area contributed by atoms with E-state index >= 15 is 0 Å². The van der Waals surface area contributed by atoms with E-state index < -0.39 is 5.97 Å². The fourth-order valence-corrected chi connectivity index (χ4v) is 1.07. The van der Waals surface area contributed by atoms with Crippen molar-refractivity contribution in [3.8, 4) is 0 Å². The van der Waals surface area contributed by atoms with Crippen molar-refractivity contribution in [3.63, 3.8) is 0 Å². The van der Waals surface area contributed by atoms with E-state index in [9.17, 15) is 0 Å². The Bertz CT molecular complexity index is 361. The Balaban J connectivity index is 2.53. The molecule has 0 amide bonds. The van der Waals surface area contributed by atoms with Crippen LogP contribution in [0.1, 0.15) is 5.56 Å². The van der Waals surface area contributed by atoms with Gasteiger partial charge in [0.05, 0.1) is 0 Å². The minimum Gasteiger partial charge on any atom is -0.340 e. The van der Waals surface area contributed by atoms with Crippen LogP contribution in [0.5, 0.6) is 0 Å². The van der Waals surface area contributed by atoms with Crippen LogP contribution in [0.4, 0.5) is 0 Å². The van der Waals surface area contributed by atoms with E-state index in [0.29, 0.717) is 0 Å². The van der Waals surface area contributed by atoms with Gasteiger partial charge in [-0.05, 0) is 16.5 Å². The average molecular weight is 138 g/mol. The average Bonchev–Trinajstić information content (AvgIpc) is 1.74. The molecule has 0 unspecified atom stereocenters. The third kappa shape index (κ3) is 0.541. The standard InChI is InChI=1S/C7H6O3/c8-7(9,10)6-3-4-1-2-5(4)6/h1-3,8-10H. The third-order valence-corrected chi connectivity index (χ3v) is 1.69. The number of benzene rings is 1. The quantitative estimate of drug-likeness (QED) is 0.460. The lowest BCUT2D eigenvalue weighted by Crippen LogP contribution is -2.26. The molecule has 0 aromatic heterocycles. The third-order valence-electron chi connectivity index (χ3n) is 1.69. The first kappa shape index (κ1) is 5.85. The molecule has 0 aromatic carbocycles. The van der Waals surface area contributed by atoms with Crippen LogP contribution in [0.2, 0.25) is 0 Å². The van der Waals surface area contributed by atoms with Gasteiger partial charge in [0.1, 0.15) is 0 Å². The van der Waals surface area contributed by atoms with Crippen molar-refractivity contribution < 1.29 is 15.3 Å². The van der Waals surface area contributed by atoms with Crippen molar-refractivity contribution in [1.82, 2.24) is 0 Å². The lowest BCUT2D eigenvalue weighted by atomic mass is 9.97. The van der Waals surface area contributed by atoms with Crippen molar-refractivity contribution in [2.24, 2.45) is 0 Å². The maximum absolute atomic E-state index is 8.63. The van der Waals surface area contributed by atoms with Gasteiger partial charge in [-0.15, -0.1) is 0 Å². The Labute approximate surface area is 56.5 Å². The summed E-state index contributed by atoms with van der Waals surface area (Å²) in [5.41, 5.74) is 0.185. The highest BCUT2D eigenvalue weighted by Crippen LogP contribution is 2.23. The van der Waals surface area contributed by atoms with Crippen LogP contribution in [0, 0.1) is 10.4 Å². The highest BCUT2D eigenvalue weighted by Gasteiger charge is 2.26. The Morgan fingerprint density at radius 1 is 1.10 bits per heavy atom. The summed E-state index contributed by atoms with van der Waals surface area (Å²) in [5.74, 6) is -2.65. The number of rotatable bonds is 1. The first-order chi connectivity index (χ1) is 4.59. The molecule has 0 saturated carbocycles. The zero-order valence-corrected chi connectivity index (χ0v) is 5.07. The van der Waals surface area contributed by atoms with E-state index in [1.54, 1.807) is 6.07 Å². The minimum atomic E-state index is -2.65. The van der Waals surface area contributed by atoms with Crippen LogP contribution in [0.3, 0.4) is 0 Å². The summed E-state index contributed by atoms with van der Waals surface area (Å²) < 4.78 is 0. The highest BCUT2D eigenvalue weighted by molar-refractivity contribution is 5.34. The molecule has 10 heavy (non-hydrogen) atoms. The van der Waals surface area contributed by atoms with Gasteiger partial charge in [-0.3, -0.25) is 0 Å². The van der Waals surface area contributed by atoms with Gasteiger partial charge in [0, 0.05) is 5.56 Å². The molecule has 0 bridgehead atoms. The maximum atomic E-state index is 8.63. The molecule has 0 saturated heterocycles. The lowest BCUT2D eigenvalue weighted by Gasteiger charge is -2.19. The molecular formula is C7H6O3. The van der Waals surface area contributed by atoms with Crippen LogP contribution >= 0.6 is 0 Å². The van der Waals surface area contributed by atoms with Crippen LogP contribution in [-0.2, 0) is 5.97 Å². The second kappa shape index (κ2) is 1.40. The monoisotopic (exact) mass is 138 g/mol. The summed E-state index contributed by atoms with van der Waals surface area (Å²) in [6, 6.07) is 5.10. The summed E-state index contributed by atoms with van der Waals surface area (Å²) in [6.45, 7) is 0. The Morgan fingerprint density at radius 3 is 1.90 bits per heavy atom. The zero-order valence-electron chi connectivity index (χ0n) is 5.07. The second-order valence-electron chi connectivity index (χ2n) is 2.40. The van der Waals surface area contributed by atoms with Gasteiger partial charge in [-0.1, -0.05) is 12.1 Å². The molecule has 2 aliphatic rings. The van der Waals surface area contributed by atoms with Gasteiger partial charge in [-0.25, -0.2) is 0 Å². The van der Waals surface area contributed by atoms with Crippen molar-refractivity contribution >= 4 is 0 Å². The van der Waals surface area contributed by atoms with Gasteiger partial charge in [-0.2, -0.15) is 0 Å². The van der Waals surface area contributed by atoms with Crippen LogP contribution in [-0.4, -0.2) is 15.3 Å². The largest absolute Gasteiger partial charge is 0.340 e. The fraction of sp³-hybridized carbons (Fsp3) is 0.143. The Hall–Kier alpha value is -0.900. The van der Waals surface area contributed by atoms with Gasteiger partial charge < -0.3 is 15.3 Å². The van der Waals surface area contributed by atoms with Gasteiger partial charge in [0.15, 0.2) is 0 Å². The molecule has 2 rings (SSSR count).